The first kappa shape index (κ1) is 12.8. The van der Waals surface area contributed by atoms with Crippen LogP contribution in [0.4, 0.5) is 13.2 Å². The Labute approximate surface area is 103 Å². The molecule has 1 aromatic rings. The highest BCUT2D eigenvalue weighted by Crippen LogP contribution is 2.38. The fourth-order valence-electron chi connectivity index (χ4n) is 1.14. The molecule has 0 N–H and O–H groups in total. The van der Waals surface area contributed by atoms with E-state index in [1.165, 1.54) is 12.1 Å². The molecule has 0 saturated heterocycles. The maximum atomic E-state index is 12.6. The van der Waals surface area contributed by atoms with Gasteiger partial charge in [0.2, 0.25) is 0 Å². The van der Waals surface area contributed by atoms with Gasteiger partial charge in [0.25, 0.3) is 0 Å². The van der Waals surface area contributed by atoms with Crippen molar-refractivity contribution in [3.63, 3.8) is 0 Å². The van der Waals surface area contributed by atoms with Crippen LogP contribution in [0.15, 0.2) is 12.1 Å². The lowest BCUT2D eigenvalue weighted by atomic mass is 10.0. The van der Waals surface area contributed by atoms with Gasteiger partial charge in [0.1, 0.15) is 0 Å². The zero-order valence-electron chi connectivity index (χ0n) is 7.45. The number of benzene rings is 1. The van der Waals surface area contributed by atoms with Crippen molar-refractivity contribution in [2.45, 2.75) is 13.1 Å². The molecule has 1 aromatic carbocycles. The molecule has 82 valence electrons. The molecule has 0 atom stereocenters. The molecule has 1 nitrogen and oxygen atoms in total. The summed E-state index contributed by atoms with van der Waals surface area (Å²) in [6.45, 7) is 1.08. The molecule has 0 saturated carbocycles. The van der Waals surface area contributed by atoms with E-state index in [1.54, 1.807) is 22.6 Å². The second-order valence-corrected chi connectivity index (χ2v) is 4.52. The Morgan fingerprint density at radius 1 is 1.40 bits per heavy atom. The Kier molecular flexibility index (Phi) is 3.65. The number of alkyl halides is 3. The summed E-state index contributed by atoms with van der Waals surface area (Å²) in [5.41, 5.74) is -1.45. The number of ketones is 1. The first-order valence-corrected chi connectivity index (χ1v) is 5.26. The largest absolute Gasteiger partial charge is 0.418 e. The first-order chi connectivity index (χ1) is 6.73. The van der Waals surface area contributed by atoms with Gasteiger partial charge in [-0.1, -0.05) is 11.6 Å². The van der Waals surface area contributed by atoms with Crippen molar-refractivity contribution in [1.29, 1.82) is 0 Å². The van der Waals surface area contributed by atoms with E-state index in [4.69, 9.17) is 11.6 Å². The average molecular weight is 348 g/mol. The quantitative estimate of drug-likeness (QED) is 0.550. The van der Waals surface area contributed by atoms with Gasteiger partial charge in [0, 0.05) is 9.13 Å². The normalized spacial score (nSPS) is 11.6. The molecule has 0 aliphatic carbocycles. The third-order valence-corrected chi connectivity index (χ3v) is 2.64. The van der Waals surface area contributed by atoms with E-state index >= 15 is 0 Å². The fraction of sp³-hybridized carbons (Fsp3) is 0.222. The smallest absolute Gasteiger partial charge is 0.294 e. The highest BCUT2D eigenvalue weighted by Gasteiger charge is 2.37. The molecule has 0 bridgehead atoms. The van der Waals surface area contributed by atoms with Crippen LogP contribution in [0.3, 0.4) is 0 Å². The Hall–Kier alpha value is -0.300. The highest BCUT2D eigenvalue weighted by molar-refractivity contribution is 14.1. The summed E-state index contributed by atoms with van der Waals surface area (Å²) in [7, 11) is 0. The monoisotopic (exact) mass is 348 g/mol. The van der Waals surface area contributed by atoms with Crippen molar-refractivity contribution in [2.24, 2.45) is 0 Å². The fourth-order valence-corrected chi connectivity index (χ4v) is 2.27. The number of hydrogen-bond acceptors (Lipinski definition) is 1. The number of carbonyl (C=O) groups excluding carboxylic acids is 1. The molecule has 1 rings (SSSR count). The van der Waals surface area contributed by atoms with E-state index in [0.717, 1.165) is 6.92 Å². The zero-order valence-corrected chi connectivity index (χ0v) is 10.4. The van der Waals surface area contributed by atoms with E-state index in [0.29, 0.717) is 3.57 Å². The van der Waals surface area contributed by atoms with Crippen LogP contribution < -0.4 is 0 Å². The van der Waals surface area contributed by atoms with Crippen LogP contribution in [-0.4, -0.2) is 5.78 Å². The van der Waals surface area contributed by atoms with Crippen LogP contribution in [0.2, 0.25) is 5.02 Å². The Balaban J connectivity index is 3.55. The molecule has 0 heterocycles. The molecular formula is C9H5ClF3IO. The molecule has 6 heteroatoms. The zero-order chi connectivity index (χ0) is 11.8. The maximum Gasteiger partial charge on any atom is 0.418 e. The molecular weight excluding hydrogens is 343 g/mol. The molecule has 0 spiro atoms. The topological polar surface area (TPSA) is 17.1 Å². The third kappa shape index (κ3) is 2.84. The second kappa shape index (κ2) is 4.29. The molecule has 0 aromatic heterocycles. The molecule has 0 aliphatic heterocycles. The van der Waals surface area contributed by atoms with Crippen LogP contribution in [0, 0.1) is 3.57 Å². The van der Waals surface area contributed by atoms with E-state index in [-0.39, 0.29) is 5.56 Å². The van der Waals surface area contributed by atoms with Crippen molar-refractivity contribution >= 4 is 40.0 Å². The van der Waals surface area contributed by atoms with E-state index in [2.05, 4.69) is 0 Å². The summed E-state index contributed by atoms with van der Waals surface area (Å²) < 4.78 is 38.2. The number of hydrogen-bond donors (Lipinski definition) is 0. The molecule has 0 unspecified atom stereocenters. The summed E-state index contributed by atoms with van der Waals surface area (Å²) in [5.74, 6) is -0.650. The van der Waals surface area contributed by atoms with Crippen molar-refractivity contribution in [1.82, 2.24) is 0 Å². The van der Waals surface area contributed by atoms with Gasteiger partial charge in [-0.3, -0.25) is 4.79 Å². The predicted octanol–water partition coefficient (Wildman–Crippen LogP) is 4.17. The lowest BCUT2D eigenvalue weighted by Crippen LogP contribution is -2.13. The van der Waals surface area contributed by atoms with Crippen molar-refractivity contribution in [2.75, 3.05) is 0 Å². The first-order valence-electron chi connectivity index (χ1n) is 3.80. The summed E-state index contributed by atoms with van der Waals surface area (Å²) in [6.07, 6.45) is -4.61. The standard InChI is InChI=1S/C9H5ClF3IO/c1-4(15)6-2-5(14)3-7(10)8(6)9(11,12)13/h2-3H,1H3. The van der Waals surface area contributed by atoms with Gasteiger partial charge in [-0.05, 0) is 41.6 Å². The third-order valence-electron chi connectivity index (χ3n) is 1.72. The van der Waals surface area contributed by atoms with Crippen molar-refractivity contribution in [3.8, 4) is 0 Å². The van der Waals surface area contributed by atoms with Gasteiger partial charge in [-0.25, -0.2) is 0 Å². The van der Waals surface area contributed by atoms with Crippen LogP contribution in [0.5, 0.6) is 0 Å². The van der Waals surface area contributed by atoms with Crippen LogP contribution in [-0.2, 0) is 6.18 Å². The minimum Gasteiger partial charge on any atom is -0.294 e. The SMILES string of the molecule is CC(=O)c1cc(I)cc(Cl)c1C(F)(F)F. The molecule has 0 amide bonds. The summed E-state index contributed by atoms with van der Waals surface area (Å²) >= 11 is 7.29. The Morgan fingerprint density at radius 3 is 2.33 bits per heavy atom. The minimum absolute atomic E-state index is 0.389. The van der Waals surface area contributed by atoms with Gasteiger partial charge < -0.3 is 0 Å². The van der Waals surface area contributed by atoms with Crippen LogP contribution in [0.1, 0.15) is 22.8 Å². The molecule has 0 fully saturated rings. The van der Waals surface area contributed by atoms with Crippen molar-refractivity contribution < 1.29 is 18.0 Å². The number of carbonyl (C=O) groups is 1. The molecule has 0 radical (unpaired) electrons. The van der Waals surface area contributed by atoms with Gasteiger partial charge >= 0.3 is 6.18 Å². The molecule has 15 heavy (non-hydrogen) atoms. The van der Waals surface area contributed by atoms with Gasteiger partial charge in [-0.15, -0.1) is 0 Å². The van der Waals surface area contributed by atoms with Gasteiger partial charge in [0.15, 0.2) is 5.78 Å². The lowest BCUT2D eigenvalue weighted by molar-refractivity contribution is -0.137. The van der Waals surface area contributed by atoms with Crippen LogP contribution >= 0.6 is 34.2 Å². The molecule has 0 aliphatic rings. The summed E-state index contributed by atoms with van der Waals surface area (Å²) in [4.78, 5) is 11.1. The summed E-state index contributed by atoms with van der Waals surface area (Å²) in [5, 5.41) is -0.445. The van der Waals surface area contributed by atoms with E-state index < -0.39 is 22.5 Å². The Bertz CT molecular complexity index is 415. The second-order valence-electron chi connectivity index (χ2n) is 2.86. The minimum atomic E-state index is -4.61. The number of Topliss-reactive ketones (excluding diaryl/α,β-unsaturated/α-hetero) is 1. The summed E-state index contributed by atoms with van der Waals surface area (Å²) in [6, 6.07) is 2.36. The maximum absolute atomic E-state index is 12.6. The Morgan fingerprint density at radius 2 is 1.93 bits per heavy atom. The van der Waals surface area contributed by atoms with Crippen LogP contribution in [0.25, 0.3) is 0 Å². The van der Waals surface area contributed by atoms with Gasteiger partial charge in [-0.2, -0.15) is 13.2 Å². The van der Waals surface area contributed by atoms with Gasteiger partial charge in [0.05, 0.1) is 10.6 Å². The number of rotatable bonds is 1. The predicted molar refractivity (Wildman–Crippen MR) is 59.2 cm³/mol. The van der Waals surface area contributed by atoms with Crippen molar-refractivity contribution in [3.05, 3.63) is 31.9 Å². The van der Waals surface area contributed by atoms with E-state index in [1.807, 2.05) is 0 Å². The highest BCUT2D eigenvalue weighted by atomic mass is 127. The van der Waals surface area contributed by atoms with E-state index in [9.17, 15) is 18.0 Å². The number of halogens is 5. The average Bonchev–Trinajstić information content (AvgIpc) is 1.99. The lowest BCUT2D eigenvalue weighted by Gasteiger charge is -2.13.